The minimum Gasteiger partial charge on any atom is -0.478 e. The molecule has 0 aliphatic heterocycles. The number of carbonyl (C=O) groups is 1. The molecule has 2 nitrogen and oxygen atoms in total. The maximum absolute atomic E-state index is 11.9. The minimum atomic E-state index is 0.110. The Kier molecular flexibility index (Phi) is 2.52. The van der Waals surface area contributed by atoms with E-state index < -0.39 is 0 Å². The SMILES string of the molecule is O=C1CC=C(OCCl)C2=C1Cc1ccccc12. The van der Waals surface area contributed by atoms with Crippen LogP contribution in [-0.4, -0.2) is 11.8 Å². The number of rotatable bonds is 2. The van der Waals surface area contributed by atoms with Crippen molar-refractivity contribution in [1.82, 2.24) is 0 Å². The molecular formula is C14H11ClO2. The van der Waals surface area contributed by atoms with Gasteiger partial charge >= 0.3 is 0 Å². The third kappa shape index (κ3) is 1.60. The van der Waals surface area contributed by atoms with Crippen LogP contribution in [-0.2, 0) is 16.0 Å². The number of ketones is 1. The van der Waals surface area contributed by atoms with E-state index in [0.29, 0.717) is 12.8 Å². The van der Waals surface area contributed by atoms with Crippen molar-refractivity contribution in [2.75, 3.05) is 6.07 Å². The molecule has 1 aromatic carbocycles. The lowest BCUT2D eigenvalue weighted by molar-refractivity contribution is -0.114. The molecule has 0 saturated heterocycles. The van der Waals surface area contributed by atoms with Gasteiger partial charge in [-0.05, 0) is 17.2 Å². The van der Waals surface area contributed by atoms with Crippen LogP contribution in [0.25, 0.3) is 5.57 Å². The fourth-order valence-electron chi connectivity index (χ4n) is 2.48. The summed E-state index contributed by atoms with van der Waals surface area (Å²) >= 11 is 5.62. The fourth-order valence-corrected chi connectivity index (χ4v) is 2.60. The number of alkyl halides is 1. The lowest BCUT2D eigenvalue weighted by Gasteiger charge is -2.16. The fraction of sp³-hybridized carbons (Fsp3) is 0.214. The first-order valence-corrected chi connectivity index (χ1v) is 6.08. The van der Waals surface area contributed by atoms with E-state index in [9.17, 15) is 4.79 Å². The number of allylic oxidation sites excluding steroid dienone is 3. The third-order valence-corrected chi connectivity index (χ3v) is 3.33. The molecule has 0 radical (unpaired) electrons. The first-order valence-electron chi connectivity index (χ1n) is 5.55. The smallest absolute Gasteiger partial charge is 0.163 e. The van der Waals surface area contributed by atoms with Crippen molar-refractivity contribution in [3.8, 4) is 0 Å². The van der Waals surface area contributed by atoms with Gasteiger partial charge in [0.2, 0.25) is 0 Å². The molecule has 0 spiro atoms. The predicted octanol–water partition coefficient (Wildman–Crippen LogP) is 3.07. The van der Waals surface area contributed by atoms with Gasteiger partial charge in [-0.1, -0.05) is 35.9 Å². The second kappa shape index (κ2) is 4.04. The number of hydrogen-bond donors (Lipinski definition) is 0. The second-order valence-corrected chi connectivity index (χ2v) is 4.35. The molecule has 0 saturated carbocycles. The van der Waals surface area contributed by atoms with Crippen molar-refractivity contribution in [3.05, 3.63) is 52.8 Å². The normalized spacial score (nSPS) is 17.7. The second-order valence-electron chi connectivity index (χ2n) is 4.14. The largest absolute Gasteiger partial charge is 0.478 e. The Hall–Kier alpha value is -1.54. The molecule has 0 N–H and O–H groups in total. The molecule has 17 heavy (non-hydrogen) atoms. The van der Waals surface area contributed by atoms with Gasteiger partial charge in [0.1, 0.15) is 5.76 Å². The van der Waals surface area contributed by atoms with Crippen molar-refractivity contribution in [2.24, 2.45) is 0 Å². The molecule has 0 bridgehead atoms. The van der Waals surface area contributed by atoms with Crippen molar-refractivity contribution >= 4 is 23.0 Å². The maximum atomic E-state index is 11.9. The van der Waals surface area contributed by atoms with E-state index in [1.54, 1.807) is 0 Å². The standard InChI is InChI=1S/C14H11ClO2/c15-8-17-13-6-5-12(16)11-7-9-3-1-2-4-10(9)14(11)13/h1-4,6H,5,7-8H2. The van der Waals surface area contributed by atoms with Crippen molar-refractivity contribution < 1.29 is 9.53 Å². The number of hydrogen-bond acceptors (Lipinski definition) is 2. The molecule has 0 atom stereocenters. The molecule has 0 aromatic heterocycles. The van der Waals surface area contributed by atoms with Crippen LogP contribution < -0.4 is 0 Å². The lowest BCUT2D eigenvalue weighted by Crippen LogP contribution is -2.09. The Labute approximate surface area is 105 Å². The molecule has 0 heterocycles. The van der Waals surface area contributed by atoms with Gasteiger partial charge in [-0.3, -0.25) is 4.79 Å². The van der Waals surface area contributed by atoms with E-state index >= 15 is 0 Å². The zero-order chi connectivity index (χ0) is 11.8. The lowest BCUT2D eigenvalue weighted by atomic mass is 9.95. The van der Waals surface area contributed by atoms with Crippen LogP contribution in [0.2, 0.25) is 0 Å². The molecule has 0 amide bonds. The summed E-state index contributed by atoms with van der Waals surface area (Å²) in [6.07, 6.45) is 2.96. The number of ether oxygens (including phenoxy) is 1. The number of fused-ring (bicyclic) bond motifs is 2. The highest BCUT2D eigenvalue weighted by Gasteiger charge is 2.31. The Morgan fingerprint density at radius 2 is 2.12 bits per heavy atom. The number of Topliss-reactive ketones (excluding diaryl/α,β-unsaturated/α-hetero) is 1. The summed E-state index contributed by atoms with van der Waals surface area (Å²) < 4.78 is 5.42. The summed E-state index contributed by atoms with van der Waals surface area (Å²) in [4.78, 5) is 11.9. The zero-order valence-electron chi connectivity index (χ0n) is 9.20. The Morgan fingerprint density at radius 1 is 1.29 bits per heavy atom. The van der Waals surface area contributed by atoms with Crippen LogP contribution in [0.15, 0.2) is 41.7 Å². The number of halogens is 1. The highest BCUT2D eigenvalue weighted by molar-refractivity contribution is 6.17. The van der Waals surface area contributed by atoms with E-state index in [1.165, 1.54) is 5.56 Å². The van der Waals surface area contributed by atoms with Gasteiger partial charge < -0.3 is 4.74 Å². The van der Waals surface area contributed by atoms with Crippen molar-refractivity contribution in [2.45, 2.75) is 12.8 Å². The molecule has 0 unspecified atom stereocenters. The summed E-state index contributed by atoms with van der Waals surface area (Å²) in [6, 6.07) is 8.17. The average molecular weight is 247 g/mol. The summed E-state index contributed by atoms with van der Waals surface area (Å²) in [7, 11) is 0. The zero-order valence-corrected chi connectivity index (χ0v) is 9.96. The maximum Gasteiger partial charge on any atom is 0.163 e. The first-order chi connectivity index (χ1) is 8.31. The highest BCUT2D eigenvalue weighted by Crippen LogP contribution is 2.41. The van der Waals surface area contributed by atoms with Gasteiger partial charge in [-0.2, -0.15) is 0 Å². The first kappa shape index (κ1) is 10.6. The van der Waals surface area contributed by atoms with E-state index in [-0.39, 0.29) is 11.8 Å². The van der Waals surface area contributed by atoms with Crippen LogP contribution >= 0.6 is 11.6 Å². The van der Waals surface area contributed by atoms with Crippen LogP contribution in [0.5, 0.6) is 0 Å². The van der Waals surface area contributed by atoms with Crippen molar-refractivity contribution in [1.29, 1.82) is 0 Å². The Morgan fingerprint density at radius 3 is 2.94 bits per heavy atom. The summed E-state index contributed by atoms with van der Waals surface area (Å²) in [5.74, 6) is 0.942. The third-order valence-electron chi connectivity index (χ3n) is 3.22. The monoisotopic (exact) mass is 246 g/mol. The quantitative estimate of drug-likeness (QED) is 0.750. The van der Waals surface area contributed by atoms with Crippen molar-refractivity contribution in [3.63, 3.8) is 0 Å². The molecule has 3 rings (SSSR count). The van der Waals surface area contributed by atoms with Crippen LogP contribution in [0, 0.1) is 0 Å². The predicted molar refractivity (Wildman–Crippen MR) is 66.6 cm³/mol. The molecule has 2 aliphatic carbocycles. The number of carbonyl (C=O) groups excluding carboxylic acids is 1. The molecule has 0 fully saturated rings. The van der Waals surface area contributed by atoms with Crippen LogP contribution in [0.1, 0.15) is 17.5 Å². The van der Waals surface area contributed by atoms with Gasteiger partial charge in [0, 0.05) is 24.0 Å². The Bertz CT molecular complexity index is 555. The summed E-state index contributed by atoms with van der Waals surface area (Å²) in [5, 5.41) is 0. The van der Waals surface area contributed by atoms with Gasteiger partial charge in [-0.15, -0.1) is 0 Å². The topological polar surface area (TPSA) is 26.3 Å². The molecular weight excluding hydrogens is 236 g/mol. The van der Waals surface area contributed by atoms with Gasteiger partial charge in [-0.25, -0.2) is 0 Å². The van der Waals surface area contributed by atoms with Gasteiger partial charge in [0.25, 0.3) is 0 Å². The average Bonchev–Trinajstić information content (AvgIpc) is 2.73. The molecule has 1 aromatic rings. The van der Waals surface area contributed by atoms with Crippen LogP contribution in [0.4, 0.5) is 0 Å². The summed E-state index contributed by atoms with van der Waals surface area (Å²) in [5.41, 5.74) is 4.11. The highest BCUT2D eigenvalue weighted by atomic mass is 35.5. The van der Waals surface area contributed by atoms with Gasteiger partial charge in [0.05, 0.1) is 0 Å². The van der Waals surface area contributed by atoms with E-state index in [1.807, 2.05) is 24.3 Å². The molecule has 2 aliphatic rings. The minimum absolute atomic E-state index is 0.110. The van der Waals surface area contributed by atoms with E-state index in [2.05, 4.69) is 6.07 Å². The van der Waals surface area contributed by atoms with E-state index in [0.717, 1.165) is 22.5 Å². The Balaban J connectivity index is 2.13. The van der Waals surface area contributed by atoms with Gasteiger partial charge in [0.15, 0.2) is 11.8 Å². The van der Waals surface area contributed by atoms with Crippen LogP contribution in [0.3, 0.4) is 0 Å². The molecule has 86 valence electrons. The van der Waals surface area contributed by atoms with E-state index in [4.69, 9.17) is 16.3 Å². The number of benzene rings is 1. The summed E-state index contributed by atoms with van der Waals surface area (Å²) in [6.45, 7) is 0. The molecule has 3 heteroatoms.